The molecule has 47 heavy (non-hydrogen) atoms. The Morgan fingerprint density at radius 2 is 1.96 bits per heavy atom. The van der Waals surface area contributed by atoms with Gasteiger partial charge in [-0.1, -0.05) is 15.9 Å². The molecule has 3 unspecified atom stereocenters. The second-order valence-electron chi connectivity index (χ2n) is 12.0. The van der Waals surface area contributed by atoms with Gasteiger partial charge in [-0.2, -0.15) is 15.1 Å². The zero-order valence-corrected chi connectivity index (χ0v) is 29.3. The number of hydrogen-bond acceptors (Lipinski definition) is 15. The highest BCUT2D eigenvalue weighted by Crippen LogP contribution is 2.49. The number of halogens is 1. The molecule has 2 fully saturated rings. The number of aliphatic hydroxyl groups is 2. The van der Waals surface area contributed by atoms with Gasteiger partial charge in [0.05, 0.1) is 19.2 Å². The van der Waals surface area contributed by atoms with Crippen LogP contribution in [0.5, 0.6) is 5.75 Å². The van der Waals surface area contributed by atoms with E-state index >= 15 is 0 Å². The van der Waals surface area contributed by atoms with Crippen molar-refractivity contribution in [2.45, 2.75) is 69.3 Å². The number of nitrogens with two attached hydrogens (primary N) is 1. The molecule has 1 aliphatic carbocycles. The molecule has 5 atom stereocenters. The van der Waals surface area contributed by atoms with E-state index in [9.17, 15) is 28.0 Å². The average Bonchev–Trinajstić information content (AvgIpc) is 3.63. The molecule has 0 amide bonds. The third-order valence-electron chi connectivity index (χ3n) is 7.22. The van der Waals surface area contributed by atoms with Crippen LogP contribution in [0, 0.1) is 0 Å². The first-order valence-corrected chi connectivity index (χ1v) is 18.5. The van der Waals surface area contributed by atoms with Crippen LogP contribution in [0.4, 0.5) is 11.8 Å². The van der Waals surface area contributed by atoms with Gasteiger partial charge in [-0.15, -0.1) is 4.83 Å². The molecule has 21 heteroatoms. The lowest BCUT2D eigenvalue weighted by atomic mass is 9.96. The molecule has 0 radical (unpaired) electrons. The van der Waals surface area contributed by atoms with Crippen molar-refractivity contribution in [3.05, 3.63) is 35.1 Å². The quantitative estimate of drug-likeness (QED) is 0.0938. The van der Waals surface area contributed by atoms with Gasteiger partial charge in [0, 0.05) is 11.5 Å². The standard InChI is InChI=1S/C26H36BrN8O10PS/c1-25(2,23(37)43-15-10-11-15)32-46(39,45-16-8-6-14(27)7-9-16)42-12-17-19(36)26(3,38)22(44-17)35-13-29-18-20(30-24(28)31-21(18)35)34(4)33-47(5,40)41/h6-9,13,15,17,19,22,33,36,38H,10-12H2,1-5H3,(H,32,39)(H2,28,30,31)/t17?,19-,22?,26-,46?/m1/s1. The van der Waals surface area contributed by atoms with Crippen LogP contribution < -0.4 is 25.2 Å². The predicted octanol–water partition coefficient (Wildman–Crippen LogP) is 1.36. The van der Waals surface area contributed by atoms with Crippen molar-refractivity contribution < 1.29 is 46.5 Å². The van der Waals surface area contributed by atoms with Crippen molar-refractivity contribution in [3.63, 3.8) is 0 Å². The number of nitrogen functional groups attached to an aromatic ring is 1. The average molecular weight is 764 g/mol. The molecule has 1 aromatic carbocycles. The Labute approximate surface area is 278 Å². The first kappa shape index (κ1) is 35.4. The van der Waals surface area contributed by atoms with Gasteiger partial charge >= 0.3 is 13.7 Å². The molecule has 5 rings (SSSR count). The van der Waals surface area contributed by atoms with E-state index in [1.54, 1.807) is 12.1 Å². The summed E-state index contributed by atoms with van der Waals surface area (Å²) in [5.74, 6) is -0.737. The fraction of sp³-hybridized carbons (Fsp3) is 0.538. The number of aliphatic hydroxyl groups excluding tert-OH is 1. The van der Waals surface area contributed by atoms with E-state index in [2.05, 4.69) is 40.8 Å². The summed E-state index contributed by atoms with van der Waals surface area (Å²) in [6.45, 7) is 3.67. The van der Waals surface area contributed by atoms with Crippen molar-refractivity contribution in [1.82, 2.24) is 29.4 Å². The van der Waals surface area contributed by atoms with Crippen LogP contribution in [0.15, 0.2) is 35.1 Å². The summed E-state index contributed by atoms with van der Waals surface area (Å²) in [6, 6.07) is 6.38. The minimum absolute atomic E-state index is 0.00896. The van der Waals surface area contributed by atoms with Gasteiger partial charge in [-0.05, 0) is 57.9 Å². The number of imidazole rings is 1. The molecule has 1 saturated heterocycles. The van der Waals surface area contributed by atoms with Crippen molar-refractivity contribution in [3.8, 4) is 5.75 Å². The second kappa shape index (κ2) is 12.8. The number of carbonyl (C=O) groups is 1. The van der Waals surface area contributed by atoms with Gasteiger partial charge in [0.1, 0.15) is 35.2 Å². The van der Waals surface area contributed by atoms with Crippen LogP contribution in [0.25, 0.3) is 11.2 Å². The van der Waals surface area contributed by atoms with Crippen LogP contribution in [-0.4, -0.2) is 93.5 Å². The Bertz CT molecular complexity index is 1800. The number of hydrazine groups is 1. The first-order valence-electron chi connectivity index (χ1n) is 14.3. The Kier molecular flexibility index (Phi) is 9.65. The van der Waals surface area contributed by atoms with Crippen molar-refractivity contribution in [1.29, 1.82) is 0 Å². The summed E-state index contributed by atoms with van der Waals surface area (Å²) >= 11 is 3.33. The first-order chi connectivity index (χ1) is 21.8. The van der Waals surface area contributed by atoms with E-state index < -0.39 is 59.9 Å². The number of carbonyl (C=O) groups excluding carboxylic acids is 1. The topological polar surface area (TPSA) is 243 Å². The lowest BCUT2D eigenvalue weighted by molar-refractivity contribution is -0.151. The largest absolute Gasteiger partial charge is 0.461 e. The maximum Gasteiger partial charge on any atom is 0.459 e. The molecule has 258 valence electrons. The lowest BCUT2D eigenvalue weighted by Crippen LogP contribution is -2.48. The number of anilines is 2. The molecule has 2 aliphatic rings. The Morgan fingerprint density at radius 1 is 1.30 bits per heavy atom. The van der Waals surface area contributed by atoms with Crippen molar-refractivity contribution >= 4 is 62.6 Å². The second-order valence-corrected chi connectivity index (χ2v) is 16.3. The Morgan fingerprint density at radius 3 is 2.57 bits per heavy atom. The molecule has 18 nitrogen and oxygen atoms in total. The van der Waals surface area contributed by atoms with Gasteiger partial charge in [0.25, 0.3) is 0 Å². The van der Waals surface area contributed by atoms with E-state index in [1.807, 2.05) is 0 Å². The molecular weight excluding hydrogens is 727 g/mol. The fourth-order valence-electron chi connectivity index (χ4n) is 4.75. The molecule has 1 saturated carbocycles. The van der Waals surface area contributed by atoms with E-state index in [4.69, 9.17) is 24.3 Å². The third-order valence-corrected chi connectivity index (χ3v) is 10.1. The number of benzene rings is 1. The number of sulfonamides is 1. The zero-order chi connectivity index (χ0) is 34.5. The van der Waals surface area contributed by atoms with E-state index in [0.29, 0.717) is 0 Å². The van der Waals surface area contributed by atoms with Crippen LogP contribution in [0.1, 0.15) is 39.8 Å². The monoisotopic (exact) mass is 762 g/mol. The van der Waals surface area contributed by atoms with Crippen molar-refractivity contribution in [2.75, 3.05) is 30.7 Å². The highest BCUT2D eigenvalue weighted by atomic mass is 79.9. The zero-order valence-electron chi connectivity index (χ0n) is 26.0. The lowest BCUT2D eigenvalue weighted by Gasteiger charge is -2.30. The highest BCUT2D eigenvalue weighted by Gasteiger charge is 2.54. The van der Waals surface area contributed by atoms with Gasteiger partial charge in [0.2, 0.25) is 16.0 Å². The number of ether oxygens (including phenoxy) is 2. The molecule has 0 bridgehead atoms. The van der Waals surface area contributed by atoms with E-state index in [-0.39, 0.29) is 34.8 Å². The maximum atomic E-state index is 14.2. The smallest absolute Gasteiger partial charge is 0.459 e. The third kappa shape index (κ3) is 8.03. The number of hydrogen-bond donors (Lipinski definition) is 5. The number of nitrogens with zero attached hydrogens (tertiary/aromatic N) is 5. The summed E-state index contributed by atoms with van der Waals surface area (Å²) in [7, 11) is -6.70. The maximum absolute atomic E-state index is 14.2. The number of esters is 1. The molecule has 3 heterocycles. The summed E-state index contributed by atoms with van der Waals surface area (Å²) in [5.41, 5.74) is 2.57. The Balaban J connectivity index is 1.40. The fourth-order valence-corrected chi connectivity index (χ4v) is 7.28. The normalized spacial score (nSPS) is 24.6. The SMILES string of the molecule is CN(NS(C)(=O)=O)c1nc(N)nc2c1ncn2C1OC(COP(=O)(NC(C)(C)C(=O)OC2CC2)Oc2ccc(Br)cc2)[C@@H](O)[C@@]1(C)O. The minimum atomic E-state index is -4.39. The number of rotatable bonds is 13. The van der Waals surface area contributed by atoms with Crippen LogP contribution in [-0.2, 0) is 33.4 Å². The molecule has 3 aromatic rings. The number of aromatic nitrogens is 4. The summed E-state index contributed by atoms with van der Waals surface area (Å²) in [6.07, 6.45) is -0.745. The predicted molar refractivity (Wildman–Crippen MR) is 171 cm³/mol. The molecular formula is C26H36BrN8O10PS. The number of fused-ring (bicyclic) bond motifs is 1. The highest BCUT2D eigenvalue weighted by molar-refractivity contribution is 9.10. The van der Waals surface area contributed by atoms with Gasteiger partial charge < -0.3 is 29.9 Å². The van der Waals surface area contributed by atoms with Gasteiger partial charge in [-0.25, -0.2) is 18.0 Å². The van der Waals surface area contributed by atoms with Crippen LogP contribution in [0.3, 0.4) is 0 Å². The Hall–Kier alpha value is -2.94. The summed E-state index contributed by atoms with van der Waals surface area (Å²) in [4.78, 5) is 27.6. The van der Waals surface area contributed by atoms with Gasteiger partial charge in [0.15, 0.2) is 23.2 Å². The summed E-state index contributed by atoms with van der Waals surface area (Å²) in [5, 5.41) is 26.3. The molecule has 0 spiro atoms. The molecule has 2 aromatic heterocycles. The minimum Gasteiger partial charge on any atom is -0.461 e. The molecule has 6 N–H and O–H groups in total. The van der Waals surface area contributed by atoms with Gasteiger partial charge in [-0.3, -0.25) is 18.9 Å². The summed E-state index contributed by atoms with van der Waals surface area (Å²) < 4.78 is 62.7. The number of nitrogens with one attached hydrogen (secondary N) is 2. The van der Waals surface area contributed by atoms with Crippen LogP contribution >= 0.6 is 23.7 Å². The van der Waals surface area contributed by atoms with E-state index in [0.717, 1.165) is 28.6 Å². The van der Waals surface area contributed by atoms with Crippen LogP contribution in [0.2, 0.25) is 0 Å². The molecule has 1 aliphatic heterocycles. The van der Waals surface area contributed by atoms with Crippen molar-refractivity contribution in [2.24, 2.45) is 0 Å². The van der Waals surface area contributed by atoms with E-state index in [1.165, 1.54) is 50.8 Å².